The van der Waals surface area contributed by atoms with Crippen LogP contribution in [-0.2, 0) is 21.1 Å². The largest absolute Gasteiger partial charge is 0.335 e. The number of carbonyl (C=O) groups excluding carboxylic acids is 2. The van der Waals surface area contributed by atoms with E-state index >= 15 is 0 Å². The number of hydrogen-bond donors (Lipinski definition) is 1. The number of anilines is 1. The first-order valence-electron chi connectivity index (χ1n) is 11.2. The zero-order valence-electron chi connectivity index (χ0n) is 19.9. The summed E-state index contributed by atoms with van der Waals surface area (Å²) in [5, 5.41) is 2.81. The Morgan fingerprint density at radius 2 is 1.50 bits per heavy atom. The molecule has 0 bridgehead atoms. The number of hydrogen-bond acceptors (Lipinski definition) is 4. The lowest BCUT2D eigenvalue weighted by atomic mass is 10.0. The average Bonchev–Trinajstić information content (AvgIpc) is 2.84. The first-order valence-corrected chi connectivity index (χ1v) is 12.8. The Morgan fingerprint density at radius 1 is 0.912 bits per heavy atom. The predicted molar refractivity (Wildman–Crippen MR) is 135 cm³/mol. The van der Waals surface area contributed by atoms with Crippen molar-refractivity contribution in [3.8, 4) is 0 Å². The third-order valence-corrected chi connectivity index (χ3v) is 7.65. The Bertz CT molecular complexity index is 1250. The molecule has 0 aliphatic heterocycles. The van der Waals surface area contributed by atoms with Crippen LogP contribution >= 0.6 is 0 Å². The third-order valence-electron chi connectivity index (χ3n) is 5.90. The molecule has 0 radical (unpaired) electrons. The fourth-order valence-electron chi connectivity index (χ4n) is 3.52. The van der Waals surface area contributed by atoms with Gasteiger partial charge in [0.05, 0.1) is 23.1 Å². The van der Waals surface area contributed by atoms with Crippen molar-refractivity contribution in [3.05, 3.63) is 95.1 Å². The van der Waals surface area contributed by atoms with E-state index in [1.54, 1.807) is 55.3 Å². The Morgan fingerprint density at radius 3 is 2.06 bits per heavy atom. The van der Waals surface area contributed by atoms with Crippen molar-refractivity contribution in [2.24, 2.45) is 0 Å². The first-order chi connectivity index (χ1) is 16.1. The zero-order chi connectivity index (χ0) is 24.9. The van der Waals surface area contributed by atoms with Crippen LogP contribution in [0, 0.1) is 6.92 Å². The summed E-state index contributed by atoms with van der Waals surface area (Å²) in [6.45, 7) is 5.61. The number of amides is 2. The number of aryl methyl sites for hydroxylation is 1. The topological polar surface area (TPSA) is 83.5 Å². The minimum atomic E-state index is -3.26. The molecule has 34 heavy (non-hydrogen) atoms. The van der Waals surface area contributed by atoms with Gasteiger partial charge in [0, 0.05) is 18.3 Å². The SMILES string of the molecule is CCS(=O)(=O)c1ccc(CC(=O)Nc2ccc(C(=O)N(C)C(C)c3ccc(C)cc3)cc2)cc1. The Balaban J connectivity index is 1.60. The Kier molecular flexibility index (Phi) is 7.89. The number of nitrogens with zero attached hydrogens (tertiary/aromatic N) is 1. The molecule has 0 aromatic heterocycles. The number of sulfone groups is 1. The van der Waals surface area contributed by atoms with Crippen LogP contribution in [-0.4, -0.2) is 37.9 Å². The van der Waals surface area contributed by atoms with Crippen LogP contribution in [0.3, 0.4) is 0 Å². The summed E-state index contributed by atoms with van der Waals surface area (Å²) >= 11 is 0. The molecule has 0 aliphatic carbocycles. The van der Waals surface area contributed by atoms with E-state index in [-0.39, 0.29) is 34.9 Å². The van der Waals surface area contributed by atoms with Crippen molar-refractivity contribution < 1.29 is 18.0 Å². The molecule has 0 saturated heterocycles. The molecular formula is C27H30N2O4S. The van der Waals surface area contributed by atoms with Crippen molar-refractivity contribution in [2.75, 3.05) is 18.1 Å². The summed E-state index contributed by atoms with van der Waals surface area (Å²) in [7, 11) is -1.49. The number of benzene rings is 3. The van der Waals surface area contributed by atoms with Crippen LogP contribution in [0.2, 0.25) is 0 Å². The van der Waals surface area contributed by atoms with E-state index in [1.165, 1.54) is 17.7 Å². The van der Waals surface area contributed by atoms with E-state index in [2.05, 4.69) is 5.32 Å². The van der Waals surface area contributed by atoms with Crippen LogP contribution < -0.4 is 5.32 Å². The lowest BCUT2D eigenvalue weighted by Crippen LogP contribution is -2.29. The Hall–Kier alpha value is -3.45. The molecule has 3 aromatic carbocycles. The lowest BCUT2D eigenvalue weighted by Gasteiger charge is -2.25. The number of nitrogens with one attached hydrogen (secondary N) is 1. The van der Waals surface area contributed by atoms with Gasteiger partial charge in [-0.05, 0) is 61.4 Å². The summed E-state index contributed by atoms with van der Waals surface area (Å²) in [6.07, 6.45) is 0.115. The Labute approximate surface area is 201 Å². The van der Waals surface area contributed by atoms with Crippen LogP contribution in [0.5, 0.6) is 0 Å². The molecule has 3 aromatic rings. The van der Waals surface area contributed by atoms with E-state index in [4.69, 9.17) is 0 Å². The van der Waals surface area contributed by atoms with Crippen LogP contribution in [0.4, 0.5) is 5.69 Å². The summed E-state index contributed by atoms with van der Waals surface area (Å²) < 4.78 is 23.8. The smallest absolute Gasteiger partial charge is 0.254 e. The maximum absolute atomic E-state index is 12.9. The number of rotatable bonds is 8. The van der Waals surface area contributed by atoms with Gasteiger partial charge in [-0.15, -0.1) is 0 Å². The summed E-state index contributed by atoms with van der Waals surface area (Å²) in [6, 6.07) is 21.2. The van der Waals surface area contributed by atoms with Gasteiger partial charge in [-0.25, -0.2) is 8.42 Å². The van der Waals surface area contributed by atoms with Crippen LogP contribution in [0.1, 0.15) is 46.9 Å². The van der Waals surface area contributed by atoms with Crippen molar-refractivity contribution in [1.82, 2.24) is 4.90 Å². The second kappa shape index (κ2) is 10.7. The minimum Gasteiger partial charge on any atom is -0.335 e. The molecule has 0 saturated carbocycles. The monoisotopic (exact) mass is 478 g/mol. The van der Waals surface area contributed by atoms with E-state index in [1.807, 2.05) is 38.1 Å². The molecule has 1 atom stereocenters. The maximum atomic E-state index is 12.9. The van der Waals surface area contributed by atoms with Crippen molar-refractivity contribution >= 4 is 27.3 Å². The standard InChI is InChI=1S/C27H30N2O4S/c1-5-34(32,33)25-16-8-21(9-17-25)18-26(30)28-24-14-12-23(13-15-24)27(31)29(4)20(3)22-10-6-19(2)7-11-22/h6-17,20H,5,18H2,1-4H3,(H,28,30). The van der Waals surface area contributed by atoms with Crippen LogP contribution in [0.15, 0.2) is 77.7 Å². The quantitative estimate of drug-likeness (QED) is 0.504. The molecule has 178 valence electrons. The van der Waals surface area contributed by atoms with E-state index < -0.39 is 9.84 Å². The summed E-state index contributed by atoms with van der Waals surface area (Å²) in [4.78, 5) is 27.3. The number of carbonyl (C=O) groups is 2. The van der Waals surface area contributed by atoms with Gasteiger partial charge in [0.25, 0.3) is 5.91 Å². The second-order valence-electron chi connectivity index (χ2n) is 8.35. The van der Waals surface area contributed by atoms with E-state index in [9.17, 15) is 18.0 Å². The van der Waals surface area contributed by atoms with Gasteiger partial charge in [0.1, 0.15) is 0 Å². The molecular weight excluding hydrogens is 448 g/mol. The fraction of sp³-hybridized carbons (Fsp3) is 0.259. The molecule has 0 fully saturated rings. The highest BCUT2D eigenvalue weighted by atomic mass is 32.2. The van der Waals surface area contributed by atoms with Gasteiger partial charge < -0.3 is 10.2 Å². The molecule has 3 rings (SSSR count). The zero-order valence-corrected chi connectivity index (χ0v) is 20.7. The molecule has 0 aliphatic rings. The van der Waals surface area contributed by atoms with E-state index in [0.717, 1.165) is 5.56 Å². The van der Waals surface area contributed by atoms with Crippen molar-refractivity contribution in [2.45, 2.75) is 38.1 Å². The normalized spacial score (nSPS) is 12.1. The van der Waals surface area contributed by atoms with Gasteiger partial charge in [0.15, 0.2) is 9.84 Å². The molecule has 0 spiro atoms. The highest BCUT2D eigenvalue weighted by molar-refractivity contribution is 7.91. The minimum absolute atomic E-state index is 0.0337. The van der Waals surface area contributed by atoms with E-state index in [0.29, 0.717) is 16.8 Å². The van der Waals surface area contributed by atoms with Gasteiger partial charge in [-0.2, -0.15) is 0 Å². The first kappa shape index (κ1) is 25.2. The highest BCUT2D eigenvalue weighted by Gasteiger charge is 2.19. The van der Waals surface area contributed by atoms with Gasteiger partial charge in [-0.1, -0.05) is 48.9 Å². The van der Waals surface area contributed by atoms with Crippen molar-refractivity contribution in [1.29, 1.82) is 0 Å². The molecule has 6 nitrogen and oxygen atoms in total. The maximum Gasteiger partial charge on any atom is 0.254 e. The highest BCUT2D eigenvalue weighted by Crippen LogP contribution is 2.22. The second-order valence-corrected chi connectivity index (χ2v) is 10.6. The lowest BCUT2D eigenvalue weighted by molar-refractivity contribution is -0.115. The van der Waals surface area contributed by atoms with Gasteiger partial charge in [-0.3, -0.25) is 9.59 Å². The fourth-order valence-corrected chi connectivity index (χ4v) is 4.40. The van der Waals surface area contributed by atoms with Gasteiger partial charge in [0.2, 0.25) is 5.91 Å². The summed E-state index contributed by atoms with van der Waals surface area (Å²) in [5.74, 6) is -0.297. The molecule has 2 amide bonds. The summed E-state index contributed by atoms with van der Waals surface area (Å²) in [5.41, 5.74) is 4.06. The molecule has 1 unspecified atom stereocenters. The van der Waals surface area contributed by atoms with Crippen LogP contribution in [0.25, 0.3) is 0 Å². The van der Waals surface area contributed by atoms with Gasteiger partial charge >= 0.3 is 0 Å². The average molecular weight is 479 g/mol. The third kappa shape index (κ3) is 6.11. The van der Waals surface area contributed by atoms with Crippen molar-refractivity contribution in [3.63, 3.8) is 0 Å². The molecule has 1 N–H and O–H groups in total. The predicted octanol–water partition coefficient (Wildman–Crippen LogP) is 4.80. The molecule has 0 heterocycles. The molecule has 7 heteroatoms.